The monoisotopic (exact) mass is 622 g/mol. The molecule has 10 nitrogen and oxygen atoms in total. The molecule has 2 aromatic carbocycles. The highest BCUT2D eigenvalue weighted by Crippen LogP contribution is 2.45. The quantitative estimate of drug-likeness (QED) is 0.0694. The van der Waals surface area contributed by atoms with E-state index in [2.05, 4.69) is 18.8 Å². The molecule has 1 aliphatic heterocycles. The third kappa shape index (κ3) is 6.88. The van der Waals surface area contributed by atoms with Gasteiger partial charge < -0.3 is 24.1 Å². The lowest BCUT2D eigenvalue weighted by Crippen LogP contribution is -2.29. The molecule has 4 rings (SSSR count). The average Bonchev–Trinajstić information content (AvgIpc) is 3.53. The van der Waals surface area contributed by atoms with Crippen molar-refractivity contribution in [3.05, 3.63) is 69.7 Å². The predicted molar refractivity (Wildman–Crippen MR) is 168 cm³/mol. The highest BCUT2D eigenvalue weighted by molar-refractivity contribution is 7.17. The highest BCUT2D eigenvalue weighted by Gasteiger charge is 2.48. The molecule has 234 valence electrons. The summed E-state index contributed by atoms with van der Waals surface area (Å²) < 4.78 is 22.4. The molecule has 1 fully saturated rings. The number of unbranched alkanes of at least 4 members (excludes halogenated alkanes) is 2. The van der Waals surface area contributed by atoms with Gasteiger partial charge in [-0.3, -0.25) is 14.5 Å². The van der Waals surface area contributed by atoms with Gasteiger partial charge in [0.05, 0.1) is 44.2 Å². The zero-order valence-electron chi connectivity index (χ0n) is 25.7. The molecule has 2 heterocycles. The molecule has 0 aliphatic carbocycles. The van der Waals surface area contributed by atoms with Crippen LogP contribution in [0.25, 0.3) is 5.76 Å². The van der Waals surface area contributed by atoms with Gasteiger partial charge in [-0.1, -0.05) is 44.1 Å². The number of benzene rings is 2. The number of Topliss-reactive ketones (excluding diaryl/α,β-unsaturated/α-hetero) is 1. The fourth-order valence-corrected chi connectivity index (χ4v) is 5.73. The van der Waals surface area contributed by atoms with Crippen LogP contribution in [0.15, 0.2) is 48.0 Å². The van der Waals surface area contributed by atoms with E-state index < -0.39 is 23.7 Å². The first-order valence-corrected chi connectivity index (χ1v) is 15.6. The fourth-order valence-electron chi connectivity index (χ4n) is 4.72. The topological polar surface area (TPSA) is 124 Å². The molecule has 44 heavy (non-hydrogen) atoms. The van der Waals surface area contributed by atoms with E-state index in [4.69, 9.17) is 18.9 Å². The number of nitrogens with zero attached hydrogens (tertiary/aromatic N) is 2. The molecule has 0 unspecified atom stereocenters. The number of rotatable bonds is 14. The van der Waals surface area contributed by atoms with Crippen molar-refractivity contribution in [2.24, 2.45) is 0 Å². The molecule has 1 N–H and O–H groups in total. The number of amides is 1. The maximum atomic E-state index is 13.7. The molecule has 0 bridgehead atoms. The Morgan fingerprint density at radius 1 is 0.955 bits per heavy atom. The summed E-state index contributed by atoms with van der Waals surface area (Å²) in [5.74, 6) is -1.14. The minimum absolute atomic E-state index is 0.120. The Morgan fingerprint density at radius 3 is 2.27 bits per heavy atom. The van der Waals surface area contributed by atoms with E-state index >= 15 is 0 Å². The number of ketones is 1. The molecule has 1 saturated heterocycles. The zero-order chi connectivity index (χ0) is 31.8. The van der Waals surface area contributed by atoms with Crippen molar-refractivity contribution >= 4 is 39.9 Å². The minimum Gasteiger partial charge on any atom is -0.507 e. The number of thiazole rings is 1. The van der Waals surface area contributed by atoms with Crippen molar-refractivity contribution in [1.82, 2.24) is 4.98 Å². The number of hydrogen-bond donors (Lipinski definition) is 1. The number of carbonyl (C=O) groups excluding carboxylic acids is 3. The highest BCUT2D eigenvalue weighted by atomic mass is 32.1. The van der Waals surface area contributed by atoms with Crippen molar-refractivity contribution in [3.8, 4) is 17.2 Å². The van der Waals surface area contributed by atoms with Crippen LogP contribution in [0.2, 0.25) is 0 Å². The van der Waals surface area contributed by atoms with Gasteiger partial charge in [0.25, 0.3) is 5.78 Å². The normalized spacial score (nSPS) is 15.8. The second-order valence-electron chi connectivity index (χ2n) is 10.1. The number of esters is 1. The van der Waals surface area contributed by atoms with Crippen LogP contribution in [0.4, 0.5) is 5.13 Å². The second kappa shape index (κ2) is 14.9. The Hall–Kier alpha value is -4.38. The van der Waals surface area contributed by atoms with Gasteiger partial charge in [-0.15, -0.1) is 0 Å². The maximum absolute atomic E-state index is 13.7. The fraction of sp³-hybridized carbons (Fsp3) is 0.394. The summed E-state index contributed by atoms with van der Waals surface area (Å²) in [4.78, 5) is 45.6. The maximum Gasteiger partial charge on any atom is 0.350 e. The SMILES string of the molecule is CCCCOc1ccc(C(O)=C2C(=O)C(=O)N(c3nc(C)c(C(=O)OC)s3)[C@H]2c2ccc(OCCCC)c(OCC)c2)cc1. The van der Waals surface area contributed by atoms with E-state index in [1.54, 1.807) is 49.4 Å². The zero-order valence-corrected chi connectivity index (χ0v) is 26.5. The lowest BCUT2D eigenvalue weighted by Gasteiger charge is -2.24. The molecule has 1 aliphatic rings. The first-order chi connectivity index (χ1) is 21.2. The molecular weight excluding hydrogens is 584 g/mol. The van der Waals surface area contributed by atoms with Crippen LogP contribution in [0.3, 0.4) is 0 Å². The first kappa shape index (κ1) is 32.5. The van der Waals surface area contributed by atoms with E-state index in [1.165, 1.54) is 12.0 Å². The van der Waals surface area contributed by atoms with Gasteiger partial charge in [0, 0.05) is 5.56 Å². The summed E-state index contributed by atoms with van der Waals surface area (Å²) in [6, 6.07) is 10.8. The third-order valence-electron chi connectivity index (χ3n) is 7.04. The van der Waals surface area contributed by atoms with Crippen LogP contribution in [0, 0.1) is 6.92 Å². The van der Waals surface area contributed by atoms with Crippen LogP contribution >= 0.6 is 11.3 Å². The molecule has 1 aromatic heterocycles. The Morgan fingerprint density at radius 2 is 1.64 bits per heavy atom. The lowest BCUT2D eigenvalue weighted by molar-refractivity contribution is -0.132. The molecule has 0 spiro atoms. The molecule has 1 amide bonds. The van der Waals surface area contributed by atoms with Crippen LogP contribution < -0.4 is 19.1 Å². The Kier molecular flexibility index (Phi) is 11.0. The number of aromatic nitrogens is 1. The number of anilines is 1. The molecule has 0 saturated carbocycles. The summed E-state index contributed by atoms with van der Waals surface area (Å²) in [6.45, 7) is 9.03. The molecule has 1 atom stereocenters. The van der Waals surface area contributed by atoms with Crippen LogP contribution in [-0.4, -0.2) is 54.7 Å². The number of ether oxygens (including phenoxy) is 4. The first-order valence-electron chi connectivity index (χ1n) is 14.7. The van der Waals surface area contributed by atoms with Gasteiger partial charge in [-0.05, 0) is 68.7 Å². The standard InChI is InChI=1S/C33H38N2O8S/c1-6-9-17-42-23-14-11-21(12-15-23)28(36)26-27(22-13-16-24(43-18-10-7-2)25(19-22)41-8-3)35(31(38)29(26)37)33-34-20(4)30(44-33)32(39)40-5/h11-16,19,27,36H,6-10,17-18H2,1-5H3/t27-/m0/s1. The van der Waals surface area contributed by atoms with Crippen molar-refractivity contribution in [1.29, 1.82) is 0 Å². The molecular formula is C33H38N2O8S. The van der Waals surface area contributed by atoms with Crippen molar-refractivity contribution in [2.45, 2.75) is 59.4 Å². The Balaban J connectivity index is 1.85. The van der Waals surface area contributed by atoms with Crippen LogP contribution in [0.5, 0.6) is 17.2 Å². The minimum atomic E-state index is -1.07. The van der Waals surface area contributed by atoms with Gasteiger partial charge in [-0.2, -0.15) is 0 Å². The summed E-state index contributed by atoms with van der Waals surface area (Å²) in [7, 11) is 1.26. The number of aliphatic hydroxyl groups excluding tert-OH is 1. The van der Waals surface area contributed by atoms with E-state index in [-0.39, 0.29) is 21.3 Å². The molecule has 0 radical (unpaired) electrons. The van der Waals surface area contributed by atoms with Gasteiger partial charge >= 0.3 is 11.9 Å². The van der Waals surface area contributed by atoms with E-state index in [9.17, 15) is 19.5 Å². The summed E-state index contributed by atoms with van der Waals surface area (Å²) in [5.41, 5.74) is 1.06. The predicted octanol–water partition coefficient (Wildman–Crippen LogP) is 6.62. The van der Waals surface area contributed by atoms with Gasteiger partial charge in [0.2, 0.25) is 0 Å². The smallest absolute Gasteiger partial charge is 0.350 e. The van der Waals surface area contributed by atoms with Crippen LogP contribution in [-0.2, 0) is 14.3 Å². The van der Waals surface area contributed by atoms with Gasteiger partial charge in [-0.25, -0.2) is 9.78 Å². The van der Waals surface area contributed by atoms with Gasteiger partial charge in [0.15, 0.2) is 16.6 Å². The lowest BCUT2D eigenvalue weighted by atomic mass is 9.95. The van der Waals surface area contributed by atoms with Crippen molar-refractivity contribution in [2.75, 3.05) is 31.8 Å². The summed E-state index contributed by atoms with van der Waals surface area (Å²) >= 11 is 0.936. The van der Waals surface area contributed by atoms with Crippen molar-refractivity contribution in [3.63, 3.8) is 0 Å². The Bertz CT molecular complexity index is 1530. The van der Waals surface area contributed by atoms with E-state index in [1.807, 2.05) is 6.92 Å². The van der Waals surface area contributed by atoms with Crippen LogP contribution in [0.1, 0.15) is 79.0 Å². The number of aliphatic hydroxyl groups is 1. The second-order valence-corrected chi connectivity index (χ2v) is 11.1. The number of carbonyl (C=O) groups is 3. The third-order valence-corrected chi connectivity index (χ3v) is 8.18. The molecule has 11 heteroatoms. The Labute approximate surface area is 261 Å². The van der Waals surface area contributed by atoms with E-state index in [0.29, 0.717) is 53.9 Å². The number of aryl methyl sites for hydroxylation is 1. The largest absolute Gasteiger partial charge is 0.507 e. The summed E-state index contributed by atoms with van der Waals surface area (Å²) in [5, 5.41) is 11.7. The summed E-state index contributed by atoms with van der Waals surface area (Å²) in [6.07, 6.45) is 3.73. The van der Waals surface area contributed by atoms with Gasteiger partial charge in [0.1, 0.15) is 16.4 Å². The number of hydrogen-bond acceptors (Lipinski definition) is 10. The van der Waals surface area contributed by atoms with E-state index in [0.717, 1.165) is 37.0 Å². The molecule has 3 aromatic rings. The number of methoxy groups -OCH3 is 1. The van der Waals surface area contributed by atoms with Crippen molar-refractivity contribution < 1.29 is 38.4 Å². The average molecular weight is 623 g/mol.